The first-order valence-electron chi connectivity index (χ1n) is 8.14. The predicted molar refractivity (Wildman–Crippen MR) is 86.7 cm³/mol. The SMILES string of the molecule is CC(CCOc1ccccc1)C(=O)NC1CCCC1(C)CO. The second kappa shape index (κ2) is 7.63. The third kappa shape index (κ3) is 4.23. The van der Waals surface area contributed by atoms with Crippen molar-refractivity contribution in [3.63, 3.8) is 0 Å². The molecule has 3 atom stereocenters. The predicted octanol–water partition coefficient (Wildman–Crippen LogP) is 2.76. The number of rotatable bonds is 7. The van der Waals surface area contributed by atoms with Crippen molar-refractivity contribution in [1.82, 2.24) is 5.32 Å². The molecule has 2 N–H and O–H groups in total. The highest BCUT2D eigenvalue weighted by atomic mass is 16.5. The van der Waals surface area contributed by atoms with Crippen LogP contribution >= 0.6 is 0 Å². The van der Waals surface area contributed by atoms with Gasteiger partial charge < -0.3 is 15.2 Å². The van der Waals surface area contributed by atoms with Crippen LogP contribution in [0, 0.1) is 11.3 Å². The van der Waals surface area contributed by atoms with Gasteiger partial charge in [0.15, 0.2) is 0 Å². The molecule has 0 heterocycles. The first-order valence-corrected chi connectivity index (χ1v) is 8.14. The average Bonchev–Trinajstić information content (AvgIpc) is 2.90. The van der Waals surface area contributed by atoms with Crippen molar-refractivity contribution in [1.29, 1.82) is 0 Å². The van der Waals surface area contributed by atoms with Crippen molar-refractivity contribution in [3.8, 4) is 5.75 Å². The first kappa shape index (κ1) is 16.8. The van der Waals surface area contributed by atoms with Gasteiger partial charge in [-0.1, -0.05) is 38.5 Å². The molecule has 1 aliphatic rings. The van der Waals surface area contributed by atoms with Gasteiger partial charge in [0, 0.05) is 17.4 Å². The lowest BCUT2D eigenvalue weighted by Crippen LogP contribution is -2.46. The van der Waals surface area contributed by atoms with Crippen molar-refractivity contribution < 1.29 is 14.6 Å². The summed E-state index contributed by atoms with van der Waals surface area (Å²) in [5, 5.41) is 12.7. The monoisotopic (exact) mass is 305 g/mol. The van der Waals surface area contributed by atoms with E-state index in [1.165, 1.54) is 0 Å². The van der Waals surface area contributed by atoms with Crippen molar-refractivity contribution in [3.05, 3.63) is 30.3 Å². The van der Waals surface area contributed by atoms with E-state index in [0.29, 0.717) is 13.0 Å². The van der Waals surface area contributed by atoms with Gasteiger partial charge in [-0.05, 0) is 31.4 Å². The van der Waals surface area contributed by atoms with Crippen molar-refractivity contribution in [2.45, 2.75) is 45.6 Å². The standard InChI is InChI=1S/C18H27NO3/c1-14(10-12-22-15-7-4-3-5-8-15)17(21)19-16-9-6-11-18(16,2)13-20/h3-5,7-8,14,16,20H,6,9-13H2,1-2H3,(H,19,21). The zero-order valence-electron chi connectivity index (χ0n) is 13.5. The van der Waals surface area contributed by atoms with Crippen LogP contribution < -0.4 is 10.1 Å². The van der Waals surface area contributed by atoms with Gasteiger partial charge in [0.25, 0.3) is 0 Å². The summed E-state index contributed by atoms with van der Waals surface area (Å²) in [7, 11) is 0. The summed E-state index contributed by atoms with van der Waals surface area (Å²) in [6.07, 6.45) is 3.67. The molecular weight excluding hydrogens is 278 g/mol. The van der Waals surface area contributed by atoms with Gasteiger partial charge in [-0.15, -0.1) is 0 Å². The molecule has 4 heteroatoms. The smallest absolute Gasteiger partial charge is 0.223 e. The summed E-state index contributed by atoms with van der Waals surface area (Å²) in [5.74, 6) is 0.800. The Bertz CT molecular complexity index is 476. The largest absolute Gasteiger partial charge is 0.494 e. The fourth-order valence-electron chi connectivity index (χ4n) is 2.98. The van der Waals surface area contributed by atoms with Gasteiger partial charge in [0.1, 0.15) is 5.75 Å². The van der Waals surface area contributed by atoms with E-state index in [1.54, 1.807) is 0 Å². The third-order valence-corrected chi connectivity index (χ3v) is 4.77. The van der Waals surface area contributed by atoms with Crippen LogP contribution in [0.15, 0.2) is 30.3 Å². The lowest BCUT2D eigenvalue weighted by Gasteiger charge is -2.31. The van der Waals surface area contributed by atoms with E-state index in [1.807, 2.05) is 44.2 Å². The quantitative estimate of drug-likeness (QED) is 0.814. The van der Waals surface area contributed by atoms with Crippen molar-refractivity contribution in [2.24, 2.45) is 11.3 Å². The van der Waals surface area contributed by atoms with E-state index in [9.17, 15) is 9.90 Å². The van der Waals surface area contributed by atoms with Gasteiger partial charge in [-0.3, -0.25) is 4.79 Å². The van der Waals surface area contributed by atoms with Crippen LogP contribution in [0.3, 0.4) is 0 Å². The minimum absolute atomic E-state index is 0.0586. The van der Waals surface area contributed by atoms with E-state index < -0.39 is 0 Å². The number of hydrogen-bond acceptors (Lipinski definition) is 3. The summed E-state index contributed by atoms with van der Waals surface area (Å²) in [4.78, 5) is 12.3. The zero-order chi connectivity index (χ0) is 16.0. The second-order valence-corrected chi connectivity index (χ2v) is 6.62. The summed E-state index contributed by atoms with van der Waals surface area (Å²) in [5.41, 5.74) is -0.171. The number of ether oxygens (including phenoxy) is 1. The topological polar surface area (TPSA) is 58.6 Å². The molecule has 122 valence electrons. The molecule has 0 aliphatic heterocycles. The lowest BCUT2D eigenvalue weighted by molar-refractivity contribution is -0.126. The van der Waals surface area contributed by atoms with Crippen molar-refractivity contribution >= 4 is 5.91 Å². The third-order valence-electron chi connectivity index (χ3n) is 4.77. The number of hydrogen-bond donors (Lipinski definition) is 2. The Morgan fingerprint density at radius 1 is 1.45 bits per heavy atom. The molecule has 1 aromatic carbocycles. The summed E-state index contributed by atoms with van der Waals surface area (Å²) < 4.78 is 5.64. The molecule has 1 aliphatic carbocycles. The Labute approximate surface area is 132 Å². The minimum atomic E-state index is -0.171. The molecule has 0 aromatic heterocycles. The fraction of sp³-hybridized carbons (Fsp3) is 0.611. The molecule has 3 unspecified atom stereocenters. The van der Waals surface area contributed by atoms with E-state index in [2.05, 4.69) is 5.32 Å². The molecule has 1 saturated carbocycles. The van der Waals surface area contributed by atoms with Crippen LogP contribution in [0.2, 0.25) is 0 Å². The van der Waals surface area contributed by atoms with Crippen LogP contribution in [0.25, 0.3) is 0 Å². The van der Waals surface area contributed by atoms with Gasteiger partial charge in [-0.2, -0.15) is 0 Å². The molecule has 4 nitrogen and oxygen atoms in total. The molecule has 0 saturated heterocycles. The van der Waals surface area contributed by atoms with Crippen molar-refractivity contribution in [2.75, 3.05) is 13.2 Å². The Morgan fingerprint density at radius 3 is 2.86 bits per heavy atom. The lowest BCUT2D eigenvalue weighted by atomic mass is 9.85. The molecule has 1 fully saturated rings. The molecular formula is C18H27NO3. The van der Waals surface area contributed by atoms with Crippen LogP contribution in [0.4, 0.5) is 0 Å². The number of benzene rings is 1. The summed E-state index contributed by atoms with van der Waals surface area (Å²) in [6, 6.07) is 9.72. The highest BCUT2D eigenvalue weighted by Crippen LogP contribution is 2.37. The van der Waals surface area contributed by atoms with Gasteiger partial charge in [0.2, 0.25) is 5.91 Å². The summed E-state index contributed by atoms with van der Waals surface area (Å²) in [6.45, 7) is 4.63. The van der Waals surface area contributed by atoms with Gasteiger partial charge in [-0.25, -0.2) is 0 Å². The Morgan fingerprint density at radius 2 is 2.18 bits per heavy atom. The number of aliphatic hydroxyl groups excluding tert-OH is 1. The highest BCUT2D eigenvalue weighted by molar-refractivity contribution is 5.78. The number of carbonyl (C=O) groups excluding carboxylic acids is 1. The molecule has 0 spiro atoms. The Kier molecular flexibility index (Phi) is 5.83. The maximum Gasteiger partial charge on any atom is 0.223 e. The average molecular weight is 305 g/mol. The molecule has 1 aromatic rings. The minimum Gasteiger partial charge on any atom is -0.494 e. The highest BCUT2D eigenvalue weighted by Gasteiger charge is 2.39. The van der Waals surface area contributed by atoms with Crippen LogP contribution in [0.5, 0.6) is 5.75 Å². The Balaban J connectivity index is 1.75. The Hall–Kier alpha value is -1.55. The van der Waals surface area contributed by atoms with Crippen LogP contribution in [-0.2, 0) is 4.79 Å². The molecule has 2 rings (SSSR count). The normalized spacial score (nSPS) is 25.7. The number of amides is 1. The van der Waals surface area contributed by atoms with E-state index >= 15 is 0 Å². The fourth-order valence-corrected chi connectivity index (χ4v) is 2.98. The number of nitrogens with one attached hydrogen (secondary N) is 1. The van der Waals surface area contributed by atoms with Gasteiger partial charge >= 0.3 is 0 Å². The van der Waals surface area contributed by atoms with Gasteiger partial charge in [0.05, 0.1) is 13.2 Å². The number of carbonyl (C=O) groups is 1. The number of para-hydroxylation sites is 1. The summed E-state index contributed by atoms with van der Waals surface area (Å²) >= 11 is 0. The molecule has 22 heavy (non-hydrogen) atoms. The van der Waals surface area contributed by atoms with Crippen LogP contribution in [0.1, 0.15) is 39.5 Å². The maximum atomic E-state index is 12.3. The maximum absolute atomic E-state index is 12.3. The molecule has 0 radical (unpaired) electrons. The van der Waals surface area contributed by atoms with E-state index in [0.717, 1.165) is 25.0 Å². The molecule has 0 bridgehead atoms. The van der Waals surface area contributed by atoms with E-state index in [4.69, 9.17) is 4.74 Å². The number of aliphatic hydroxyl groups is 1. The zero-order valence-corrected chi connectivity index (χ0v) is 13.5. The first-order chi connectivity index (χ1) is 10.5. The van der Waals surface area contributed by atoms with Crippen LogP contribution in [-0.4, -0.2) is 30.3 Å². The van der Waals surface area contributed by atoms with E-state index in [-0.39, 0.29) is 29.9 Å². The molecule has 1 amide bonds. The second-order valence-electron chi connectivity index (χ2n) is 6.62.